The topological polar surface area (TPSA) is 21.3 Å². The van der Waals surface area contributed by atoms with Crippen LogP contribution in [0.2, 0.25) is 0 Å². The molecule has 0 bridgehead atoms. The third-order valence-electron chi connectivity index (χ3n) is 1.86. The van der Waals surface area contributed by atoms with Crippen LogP contribution in [0.15, 0.2) is 0 Å². The van der Waals surface area contributed by atoms with E-state index in [1.807, 2.05) is 0 Å². The molecule has 1 saturated heterocycles. The van der Waals surface area contributed by atoms with Crippen LogP contribution in [0.5, 0.6) is 0 Å². The molecule has 0 saturated carbocycles. The second-order valence-electron chi connectivity index (χ2n) is 3.66. The van der Waals surface area contributed by atoms with Crippen molar-refractivity contribution in [3.05, 3.63) is 0 Å². The maximum atomic E-state index is 5.30. The fourth-order valence-corrected chi connectivity index (χ4v) is 1.48. The molecule has 1 fully saturated rings. The van der Waals surface area contributed by atoms with E-state index in [9.17, 15) is 0 Å². The predicted octanol–water partition coefficient (Wildman–Crippen LogP) is 1.16. The summed E-state index contributed by atoms with van der Waals surface area (Å²) < 4.78 is 5.30. The first-order valence-electron chi connectivity index (χ1n) is 3.98. The molecule has 10 heavy (non-hydrogen) atoms. The fourth-order valence-electron chi connectivity index (χ4n) is 1.48. The van der Waals surface area contributed by atoms with Crippen molar-refractivity contribution in [1.29, 1.82) is 0 Å². The van der Waals surface area contributed by atoms with Gasteiger partial charge in [0.05, 0.1) is 6.61 Å². The Morgan fingerprint density at radius 3 is 2.60 bits per heavy atom. The monoisotopic (exact) mass is 143 g/mol. The maximum absolute atomic E-state index is 5.30. The molecule has 60 valence electrons. The highest BCUT2D eigenvalue weighted by atomic mass is 16.5. The minimum Gasteiger partial charge on any atom is -0.379 e. The molecule has 0 aromatic carbocycles. The van der Waals surface area contributed by atoms with Gasteiger partial charge in [0.2, 0.25) is 0 Å². The Morgan fingerprint density at radius 1 is 1.50 bits per heavy atom. The van der Waals surface area contributed by atoms with E-state index in [4.69, 9.17) is 4.74 Å². The molecule has 0 amide bonds. The van der Waals surface area contributed by atoms with E-state index in [0.29, 0.717) is 6.04 Å². The van der Waals surface area contributed by atoms with Crippen LogP contribution in [-0.2, 0) is 4.74 Å². The predicted molar refractivity (Wildman–Crippen MR) is 42.1 cm³/mol. The lowest BCUT2D eigenvalue weighted by atomic mass is 10.0. The Kier molecular flexibility index (Phi) is 2.32. The van der Waals surface area contributed by atoms with Gasteiger partial charge in [-0.25, -0.2) is 0 Å². The summed E-state index contributed by atoms with van der Waals surface area (Å²) in [5.41, 5.74) is 0.244. The first-order valence-corrected chi connectivity index (χ1v) is 3.98. The lowest BCUT2D eigenvalue weighted by Crippen LogP contribution is -2.46. The van der Waals surface area contributed by atoms with Crippen molar-refractivity contribution in [2.75, 3.05) is 13.2 Å². The minimum absolute atomic E-state index is 0.244. The lowest BCUT2D eigenvalue weighted by molar-refractivity contribution is 0.168. The van der Waals surface area contributed by atoms with Gasteiger partial charge < -0.3 is 10.1 Å². The molecule has 1 N–H and O–H groups in total. The van der Waals surface area contributed by atoms with Gasteiger partial charge in [-0.15, -0.1) is 0 Å². The SMILES string of the molecule is CC(C)N[C@]1(C)CCOC1. The van der Waals surface area contributed by atoms with E-state index in [1.165, 1.54) is 0 Å². The van der Waals surface area contributed by atoms with Gasteiger partial charge in [0.15, 0.2) is 0 Å². The fraction of sp³-hybridized carbons (Fsp3) is 1.00. The van der Waals surface area contributed by atoms with Crippen LogP contribution in [0, 0.1) is 0 Å². The summed E-state index contributed by atoms with van der Waals surface area (Å²) in [6, 6.07) is 0.562. The van der Waals surface area contributed by atoms with Crippen molar-refractivity contribution in [2.24, 2.45) is 0 Å². The average Bonchev–Trinajstić information content (AvgIpc) is 2.12. The van der Waals surface area contributed by atoms with Crippen LogP contribution in [-0.4, -0.2) is 24.8 Å². The molecule has 0 spiro atoms. The summed E-state index contributed by atoms with van der Waals surface area (Å²) in [7, 11) is 0. The van der Waals surface area contributed by atoms with Crippen LogP contribution in [0.3, 0.4) is 0 Å². The summed E-state index contributed by atoms with van der Waals surface area (Å²) in [5, 5.41) is 3.49. The summed E-state index contributed by atoms with van der Waals surface area (Å²) in [6.07, 6.45) is 1.14. The van der Waals surface area contributed by atoms with Gasteiger partial charge in [-0.05, 0) is 13.3 Å². The van der Waals surface area contributed by atoms with Gasteiger partial charge in [-0.3, -0.25) is 0 Å². The van der Waals surface area contributed by atoms with E-state index in [-0.39, 0.29) is 5.54 Å². The average molecular weight is 143 g/mol. The number of nitrogens with one attached hydrogen (secondary N) is 1. The Hall–Kier alpha value is -0.0800. The number of ether oxygens (including phenoxy) is 1. The smallest absolute Gasteiger partial charge is 0.0646 e. The van der Waals surface area contributed by atoms with Crippen molar-refractivity contribution < 1.29 is 4.74 Å². The molecule has 2 heteroatoms. The second kappa shape index (κ2) is 2.89. The van der Waals surface area contributed by atoms with Crippen molar-refractivity contribution in [2.45, 2.75) is 38.8 Å². The Bertz CT molecular complexity index is 106. The van der Waals surface area contributed by atoms with Gasteiger partial charge in [0.25, 0.3) is 0 Å². The maximum Gasteiger partial charge on any atom is 0.0646 e. The molecule has 0 radical (unpaired) electrons. The highest BCUT2D eigenvalue weighted by Gasteiger charge is 2.29. The van der Waals surface area contributed by atoms with Gasteiger partial charge in [-0.1, -0.05) is 13.8 Å². The number of hydrogen-bond acceptors (Lipinski definition) is 2. The van der Waals surface area contributed by atoms with E-state index in [0.717, 1.165) is 19.6 Å². The molecule has 0 aliphatic carbocycles. The van der Waals surface area contributed by atoms with E-state index in [1.54, 1.807) is 0 Å². The largest absolute Gasteiger partial charge is 0.379 e. The Labute approximate surface area is 63.0 Å². The van der Waals surface area contributed by atoms with Crippen molar-refractivity contribution >= 4 is 0 Å². The highest BCUT2D eigenvalue weighted by Crippen LogP contribution is 2.17. The zero-order valence-corrected chi connectivity index (χ0v) is 7.11. The van der Waals surface area contributed by atoms with Crippen LogP contribution in [0.4, 0.5) is 0 Å². The lowest BCUT2D eigenvalue weighted by Gasteiger charge is -2.26. The third-order valence-corrected chi connectivity index (χ3v) is 1.86. The van der Waals surface area contributed by atoms with Crippen LogP contribution >= 0.6 is 0 Å². The molecule has 0 unspecified atom stereocenters. The first-order chi connectivity index (χ1) is 4.62. The van der Waals surface area contributed by atoms with Gasteiger partial charge in [-0.2, -0.15) is 0 Å². The molecule has 1 aliphatic rings. The standard InChI is InChI=1S/C8H17NO/c1-7(2)9-8(3)4-5-10-6-8/h7,9H,4-6H2,1-3H3/t8-/m1/s1. The number of hydrogen-bond donors (Lipinski definition) is 1. The summed E-state index contributed by atoms with van der Waals surface area (Å²) in [6.45, 7) is 8.34. The van der Waals surface area contributed by atoms with Gasteiger partial charge in [0, 0.05) is 18.2 Å². The van der Waals surface area contributed by atoms with E-state index >= 15 is 0 Å². The van der Waals surface area contributed by atoms with Crippen molar-refractivity contribution in [3.8, 4) is 0 Å². The zero-order valence-electron chi connectivity index (χ0n) is 7.11. The summed E-state index contributed by atoms with van der Waals surface area (Å²) >= 11 is 0. The highest BCUT2D eigenvalue weighted by molar-refractivity contribution is 4.87. The van der Waals surface area contributed by atoms with E-state index in [2.05, 4.69) is 26.1 Å². The normalized spacial score (nSPS) is 33.6. The molecule has 1 aliphatic heterocycles. The second-order valence-corrected chi connectivity index (χ2v) is 3.66. The molecule has 2 nitrogen and oxygen atoms in total. The Morgan fingerprint density at radius 2 is 2.20 bits per heavy atom. The molecule has 1 atom stereocenters. The molecular weight excluding hydrogens is 126 g/mol. The zero-order chi connectivity index (χ0) is 7.61. The molecule has 0 aromatic heterocycles. The van der Waals surface area contributed by atoms with Crippen LogP contribution in [0.25, 0.3) is 0 Å². The Balaban J connectivity index is 2.36. The summed E-state index contributed by atoms with van der Waals surface area (Å²) in [5.74, 6) is 0. The van der Waals surface area contributed by atoms with Crippen molar-refractivity contribution in [1.82, 2.24) is 5.32 Å². The number of rotatable bonds is 2. The van der Waals surface area contributed by atoms with E-state index < -0.39 is 0 Å². The third kappa shape index (κ3) is 1.96. The van der Waals surface area contributed by atoms with Crippen LogP contribution in [0.1, 0.15) is 27.2 Å². The minimum atomic E-state index is 0.244. The molecule has 1 rings (SSSR count). The van der Waals surface area contributed by atoms with Gasteiger partial charge >= 0.3 is 0 Å². The quantitative estimate of drug-likeness (QED) is 0.626. The molecule has 0 aromatic rings. The summed E-state index contributed by atoms with van der Waals surface area (Å²) in [4.78, 5) is 0. The first kappa shape index (κ1) is 8.02. The molecule has 1 heterocycles. The van der Waals surface area contributed by atoms with Gasteiger partial charge in [0.1, 0.15) is 0 Å². The molecular formula is C8H17NO. The van der Waals surface area contributed by atoms with Crippen LogP contribution < -0.4 is 5.32 Å². The van der Waals surface area contributed by atoms with Crippen molar-refractivity contribution in [3.63, 3.8) is 0 Å².